The normalized spacial score (nSPS) is 31.6. The first-order chi connectivity index (χ1) is 11.0. The van der Waals surface area contributed by atoms with Crippen LogP contribution in [0.2, 0.25) is 0 Å². The molecule has 0 radical (unpaired) electrons. The van der Waals surface area contributed by atoms with E-state index in [1.807, 2.05) is 4.90 Å². The van der Waals surface area contributed by atoms with E-state index in [0.29, 0.717) is 37.8 Å². The van der Waals surface area contributed by atoms with Gasteiger partial charge in [0.1, 0.15) is 18.3 Å². The molecule has 2 fully saturated rings. The molecule has 9 nitrogen and oxygen atoms in total. The third-order valence-corrected chi connectivity index (χ3v) is 4.19. The quantitative estimate of drug-likeness (QED) is 0.583. The highest BCUT2D eigenvalue weighted by Gasteiger charge is 2.44. The number of aliphatic hydroxyl groups is 3. The molecule has 1 aromatic rings. The number of rotatable bonds is 3. The lowest BCUT2D eigenvalue weighted by atomic mass is 10.1. The van der Waals surface area contributed by atoms with E-state index in [1.54, 1.807) is 17.7 Å². The topological polar surface area (TPSA) is 117 Å². The zero-order valence-corrected chi connectivity index (χ0v) is 12.8. The van der Waals surface area contributed by atoms with Crippen LogP contribution in [0.4, 0.5) is 5.95 Å². The summed E-state index contributed by atoms with van der Waals surface area (Å²) in [4.78, 5) is 17.9. The van der Waals surface area contributed by atoms with Crippen molar-refractivity contribution in [3.8, 4) is 0 Å². The van der Waals surface area contributed by atoms with Crippen molar-refractivity contribution in [2.24, 2.45) is 0 Å². The summed E-state index contributed by atoms with van der Waals surface area (Å²) < 4.78 is 12.4. The van der Waals surface area contributed by atoms with Crippen molar-refractivity contribution in [2.45, 2.75) is 31.5 Å². The van der Waals surface area contributed by atoms with Crippen LogP contribution in [-0.2, 0) is 9.47 Å². The van der Waals surface area contributed by atoms with Gasteiger partial charge in [0.05, 0.1) is 19.8 Å². The first-order valence-corrected chi connectivity index (χ1v) is 7.58. The van der Waals surface area contributed by atoms with Gasteiger partial charge in [-0.2, -0.15) is 4.98 Å². The summed E-state index contributed by atoms with van der Waals surface area (Å²) in [5.41, 5.74) is 0.0502. The Bertz CT molecular complexity index is 615. The second-order valence-corrected chi connectivity index (χ2v) is 5.76. The van der Waals surface area contributed by atoms with Crippen LogP contribution in [0.25, 0.3) is 0 Å². The van der Waals surface area contributed by atoms with Gasteiger partial charge in [0.15, 0.2) is 6.23 Å². The molecule has 128 valence electrons. The average molecular weight is 327 g/mol. The molecule has 0 bridgehead atoms. The monoisotopic (exact) mass is 327 g/mol. The van der Waals surface area contributed by atoms with Crippen molar-refractivity contribution in [1.82, 2.24) is 9.55 Å². The van der Waals surface area contributed by atoms with Crippen LogP contribution >= 0.6 is 0 Å². The van der Waals surface area contributed by atoms with Gasteiger partial charge in [-0.15, -0.1) is 0 Å². The van der Waals surface area contributed by atoms with E-state index in [1.165, 1.54) is 0 Å². The summed E-state index contributed by atoms with van der Waals surface area (Å²) in [5.74, 6) is 0.360. The highest BCUT2D eigenvalue weighted by atomic mass is 16.6. The lowest BCUT2D eigenvalue weighted by molar-refractivity contribution is -0.0530. The number of morpholine rings is 1. The summed E-state index contributed by atoms with van der Waals surface area (Å²) in [6, 6.07) is 0. The standard InChI is InChI=1S/C14H21N3O6/c1-8-6-17(13-11(20)10(19)9(7-18)23-13)14(15-12(8)21)16-2-4-22-5-3-16/h6,9-11,13,18-20H,2-5,7H2,1H3/t9-,10-,11-,13-/m1/s1. The summed E-state index contributed by atoms with van der Waals surface area (Å²) in [6.45, 7) is 3.36. The fraction of sp³-hybridized carbons (Fsp3) is 0.714. The van der Waals surface area contributed by atoms with Gasteiger partial charge >= 0.3 is 0 Å². The van der Waals surface area contributed by atoms with Gasteiger partial charge in [-0.1, -0.05) is 0 Å². The van der Waals surface area contributed by atoms with E-state index in [9.17, 15) is 20.1 Å². The average Bonchev–Trinajstić information content (AvgIpc) is 2.85. The Hall–Kier alpha value is -1.52. The number of hydrogen-bond acceptors (Lipinski definition) is 8. The van der Waals surface area contributed by atoms with E-state index in [-0.39, 0.29) is 5.56 Å². The first-order valence-electron chi connectivity index (χ1n) is 7.58. The fourth-order valence-corrected chi connectivity index (χ4v) is 2.85. The largest absolute Gasteiger partial charge is 0.394 e. The van der Waals surface area contributed by atoms with Crippen LogP contribution in [0, 0.1) is 6.92 Å². The SMILES string of the molecule is Cc1cn([C@@H]2O[C@H](CO)[C@@H](O)[C@H]2O)c(N2CCOCC2)nc1=O. The van der Waals surface area contributed by atoms with Crippen molar-refractivity contribution in [3.63, 3.8) is 0 Å². The maximum absolute atomic E-state index is 11.9. The van der Waals surface area contributed by atoms with Crippen molar-refractivity contribution in [2.75, 3.05) is 37.8 Å². The Morgan fingerprint density at radius 1 is 1.30 bits per heavy atom. The van der Waals surface area contributed by atoms with Gasteiger partial charge in [-0.05, 0) is 6.92 Å². The summed E-state index contributed by atoms with van der Waals surface area (Å²) in [6.07, 6.45) is -2.68. The number of nitrogens with zero attached hydrogens (tertiary/aromatic N) is 3. The molecular formula is C14H21N3O6. The molecule has 23 heavy (non-hydrogen) atoms. The number of ether oxygens (including phenoxy) is 2. The van der Waals surface area contributed by atoms with Crippen LogP contribution < -0.4 is 10.5 Å². The summed E-state index contributed by atoms with van der Waals surface area (Å²) in [7, 11) is 0. The van der Waals surface area contributed by atoms with Crippen LogP contribution in [0.1, 0.15) is 11.8 Å². The van der Waals surface area contributed by atoms with Gasteiger partial charge in [-0.25, -0.2) is 0 Å². The van der Waals surface area contributed by atoms with Gasteiger partial charge < -0.3 is 29.7 Å². The number of anilines is 1. The highest BCUT2D eigenvalue weighted by Crippen LogP contribution is 2.31. The molecule has 0 amide bonds. The Balaban J connectivity index is 2.00. The van der Waals surface area contributed by atoms with Crippen LogP contribution in [-0.4, -0.2) is 76.1 Å². The minimum Gasteiger partial charge on any atom is -0.394 e. The molecule has 1 aromatic heterocycles. The third-order valence-electron chi connectivity index (χ3n) is 4.19. The Labute approximate surface area is 132 Å². The number of aryl methyl sites for hydroxylation is 1. The maximum Gasteiger partial charge on any atom is 0.277 e. The smallest absolute Gasteiger partial charge is 0.277 e. The summed E-state index contributed by atoms with van der Waals surface area (Å²) in [5, 5.41) is 29.4. The van der Waals surface area contributed by atoms with Crippen molar-refractivity contribution in [1.29, 1.82) is 0 Å². The molecule has 2 aliphatic rings. The fourth-order valence-electron chi connectivity index (χ4n) is 2.85. The van der Waals surface area contributed by atoms with Crippen LogP contribution in [0.5, 0.6) is 0 Å². The zero-order chi connectivity index (χ0) is 16.6. The number of aliphatic hydroxyl groups excluding tert-OH is 3. The van der Waals surface area contributed by atoms with Gasteiger partial charge in [0.25, 0.3) is 5.56 Å². The van der Waals surface area contributed by atoms with E-state index < -0.39 is 31.1 Å². The molecule has 0 aliphatic carbocycles. The molecule has 4 atom stereocenters. The predicted octanol–water partition coefficient (Wildman–Crippen LogP) is -2.00. The van der Waals surface area contributed by atoms with Crippen molar-refractivity contribution in [3.05, 3.63) is 22.1 Å². The van der Waals surface area contributed by atoms with E-state index in [2.05, 4.69) is 4.98 Å². The predicted molar refractivity (Wildman–Crippen MR) is 79.3 cm³/mol. The molecule has 0 aromatic carbocycles. The summed E-state index contributed by atoms with van der Waals surface area (Å²) >= 11 is 0. The lowest BCUT2D eigenvalue weighted by Gasteiger charge is -2.32. The van der Waals surface area contributed by atoms with E-state index >= 15 is 0 Å². The Morgan fingerprint density at radius 3 is 2.61 bits per heavy atom. The second-order valence-electron chi connectivity index (χ2n) is 5.76. The molecule has 9 heteroatoms. The lowest BCUT2D eigenvalue weighted by Crippen LogP contribution is -2.41. The minimum absolute atomic E-state index is 0.352. The first kappa shape index (κ1) is 16.3. The number of aromatic nitrogens is 2. The third kappa shape index (κ3) is 2.98. The van der Waals surface area contributed by atoms with Gasteiger partial charge in [0.2, 0.25) is 5.95 Å². The Morgan fingerprint density at radius 2 is 2.00 bits per heavy atom. The van der Waals surface area contributed by atoms with E-state index in [0.717, 1.165) is 0 Å². The molecule has 3 rings (SSSR count). The molecule has 3 heterocycles. The van der Waals surface area contributed by atoms with E-state index in [4.69, 9.17) is 9.47 Å². The molecule has 3 N–H and O–H groups in total. The Kier molecular flexibility index (Phi) is 4.64. The van der Waals surface area contributed by atoms with Crippen molar-refractivity contribution < 1.29 is 24.8 Å². The molecule has 2 saturated heterocycles. The van der Waals surface area contributed by atoms with Crippen LogP contribution in [0.3, 0.4) is 0 Å². The van der Waals surface area contributed by atoms with Gasteiger partial charge in [0, 0.05) is 24.8 Å². The molecule has 0 unspecified atom stereocenters. The molecular weight excluding hydrogens is 306 g/mol. The molecule has 2 aliphatic heterocycles. The second kappa shape index (κ2) is 6.54. The van der Waals surface area contributed by atoms with Crippen LogP contribution in [0.15, 0.2) is 11.0 Å². The minimum atomic E-state index is -1.23. The molecule has 0 saturated carbocycles. The maximum atomic E-state index is 11.9. The van der Waals surface area contributed by atoms with Crippen molar-refractivity contribution >= 4 is 5.95 Å². The zero-order valence-electron chi connectivity index (χ0n) is 12.8. The number of hydrogen-bond donors (Lipinski definition) is 3. The highest BCUT2D eigenvalue weighted by molar-refractivity contribution is 5.33. The van der Waals surface area contributed by atoms with Gasteiger partial charge in [-0.3, -0.25) is 9.36 Å². The molecule has 0 spiro atoms.